The second-order valence-corrected chi connectivity index (χ2v) is 9.48. The lowest BCUT2D eigenvalue weighted by Gasteiger charge is -2.30. The summed E-state index contributed by atoms with van der Waals surface area (Å²) in [7, 11) is 4.01. The molecule has 0 bridgehead atoms. The molecule has 3 heterocycles. The van der Waals surface area contributed by atoms with Gasteiger partial charge in [0, 0.05) is 13.2 Å². The maximum atomic E-state index is 13.9. The number of likely N-dealkylation sites (tertiary alicyclic amines) is 1. The van der Waals surface area contributed by atoms with Crippen LogP contribution in [-0.2, 0) is 7.05 Å². The van der Waals surface area contributed by atoms with Crippen LogP contribution in [0.2, 0.25) is 0 Å². The number of aromatic nitrogens is 4. The van der Waals surface area contributed by atoms with Gasteiger partial charge in [-0.15, -0.1) is 0 Å². The van der Waals surface area contributed by atoms with Gasteiger partial charge in [-0.05, 0) is 69.2 Å². The summed E-state index contributed by atoms with van der Waals surface area (Å²) >= 11 is 0. The molecule has 2 aromatic heterocycles. The van der Waals surface area contributed by atoms with Gasteiger partial charge in [-0.1, -0.05) is 42.5 Å². The molecule has 0 aliphatic carbocycles. The second-order valence-electron chi connectivity index (χ2n) is 9.48. The molecule has 0 radical (unpaired) electrons. The predicted octanol–water partition coefficient (Wildman–Crippen LogP) is 4.89. The molecule has 1 aliphatic heterocycles. The van der Waals surface area contributed by atoms with Crippen molar-refractivity contribution in [3.05, 3.63) is 88.6 Å². The summed E-state index contributed by atoms with van der Waals surface area (Å²) in [5.41, 5.74) is 3.57. The number of piperidine rings is 1. The molecule has 1 fully saturated rings. The molecule has 1 aliphatic rings. The van der Waals surface area contributed by atoms with Gasteiger partial charge in [-0.3, -0.25) is 9.48 Å². The minimum atomic E-state index is -0.338. The summed E-state index contributed by atoms with van der Waals surface area (Å²) < 4.78 is 17.5. The van der Waals surface area contributed by atoms with Gasteiger partial charge in [0.15, 0.2) is 0 Å². The van der Waals surface area contributed by atoms with E-state index in [0.717, 1.165) is 31.5 Å². The number of halogens is 1. The third-order valence-electron chi connectivity index (χ3n) is 7.02. The molecule has 7 nitrogen and oxygen atoms in total. The third-order valence-corrected chi connectivity index (χ3v) is 7.02. The molecule has 1 atom stereocenters. The average Bonchev–Trinajstić information content (AvgIpc) is 3.15. The van der Waals surface area contributed by atoms with Crippen LogP contribution in [0.4, 0.5) is 10.3 Å². The quantitative estimate of drug-likeness (QED) is 0.420. The van der Waals surface area contributed by atoms with Crippen molar-refractivity contribution in [1.29, 1.82) is 0 Å². The zero-order valence-electron chi connectivity index (χ0n) is 20.9. The van der Waals surface area contributed by atoms with Crippen LogP contribution < -0.4 is 10.9 Å². The van der Waals surface area contributed by atoms with Gasteiger partial charge in [0.1, 0.15) is 5.82 Å². The van der Waals surface area contributed by atoms with E-state index in [0.29, 0.717) is 28.5 Å². The number of anilines is 1. The maximum absolute atomic E-state index is 13.9. The van der Waals surface area contributed by atoms with Crippen molar-refractivity contribution in [2.24, 2.45) is 7.05 Å². The third kappa shape index (κ3) is 4.68. The molecule has 1 unspecified atom stereocenters. The Balaban J connectivity index is 1.59. The molecule has 36 heavy (non-hydrogen) atoms. The largest absolute Gasteiger partial charge is 0.348 e. The van der Waals surface area contributed by atoms with E-state index >= 15 is 0 Å². The Morgan fingerprint density at radius 2 is 1.69 bits per heavy atom. The van der Waals surface area contributed by atoms with Crippen LogP contribution in [0.1, 0.15) is 37.4 Å². The SMILES string of the molecule is CC(Nc1nccc(-c2c(-c3ccc(F)cc3)c(=O)n(C3CCN(C)CC3)n2C)n1)c1ccccc1. The fourth-order valence-electron chi connectivity index (χ4n) is 5.02. The first-order chi connectivity index (χ1) is 17.4. The Hall–Kier alpha value is -3.78. The minimum Gasteiger partial charge on any atom is -0.348 e. The highest BCUT2D eigenvalue weighted by molar-refractivity contribution is 5.79. The van der Waals surface area contributed by atoms with Crippen molar-refractivity contribution >= 4 is 5.95 Å². The summed E-state index contributed by atoms with van der Waals surface area (Å²) in [5, 5.41) is 3.37. The lowest BCUT2D eigenvalue weighted by molar-refractivity contribution is 0.200. The first-order valence-electron chi connectivity index (χ1n) is 12.3. The highest BCUT2D eigenvalue weighted by Gasteiger charge is 2.28. The number of hydrogen-bond acceptors (Lipinski definition) is 5. The smallest absolute Gasteiger partial charge is 0.275 e. The Morgan fingerprint density at radius 3 is 2.39 bits per heavy atom. The minimum absolute atomic E-state index is 0.00525. The van der Waals surface area contributed by atoms with Crippen molar-refractivity contribution in [2.45, 2.75) is 31.8 Å². The fourth-order valence-corrected chi connectivity index (χ4v) is 5.02. The predicted molar refractivity (Wildman–Crippen MR) is 140 cm³/mol. The Morgan fingerprint density at radius 1 is 1.00 bits per heavy atom. The number of hydrogen-bond donors (Lipinski definition) is 1. The maximum Gasteiger partial charge on any atom is 0.275 e. The van der Waals surface area contributed by atoms with Crippen molar-refractivity contribution < 1.29 is 4.39 Å². The summed E-state index contributed by atoms with van der Waals surface area (Å²) in [6, 6.07) is 18.1. The van der Waals surface area contributed by atoms with Gasteiger partial charge < -0.3 is 10.2 Å². The number of nitrogens with zero attached hydrogens (tertiary/aromatic N) is 5. The second kappa shape index (κ2) is 10.1. The Kier molecular flexibility index (Phi) is 6.69. The molecule has 0 saturated carbocycles. The van der Waals surface area contributed by atoms with E-state index in [2.05, 4.69) is 41.3 Å². The van der Waals surface area contributed by atoms with E-state index in [1.165, 1.54) is 12.1 Å². The van der Waals surface area contributed by atoms with Crippen LogP contribution in [0.3, 0.4) is 0 Å². The van der Waals surface area contributed by atoms with Gasteiger partial charge in [0.25, 0.3) is 5.56 Å². The molecule has 186 valence electrons. The van der Waals surface area contributed by atoms with Gasteiger partial charge in [0.2, 0.25) is 5.95 Å². The molecular formula is C28H31FN6O. The molecule has 4 aromatic rings. The van der Waals surface area contributed by atoms with Gasteiger partial charge in [0.05, 0.1) is 29.0 Å². The van der Waals surface area contributed by atoms with Gasteiger partial charge >= 0.3 is 0 Å². The molecule has 8 heteroatoms. The standard InChI is InChI=1S/C28H31FN6O/c1-19(20-7-5-4-6-8-20)31-28-30-16-13-24(32-28)26-25(21-9-11-22(29)12-10-21)27(36)35(34(26)3)23-14-17-33(2)18-15-23/h4-13,16,19,23H,14-15,17-18H2,1-3H3,(H,30,31,32). The van der Waals surface area contributed by atoms with E-state index in [-0.39, 0.29) is 23.5 Å². The average molecular weight is 487 g/mol. The zero-order chi connectivity index (χ0) is 25.2. The fraction of sp³-hybridized carbons (Fsp3) is 0.321. The van der Waals surface area contributed by atoms with Crippen LogP contribution >= 0.6 is 0 Å². The zero-order valence-corrected chi connectivity index (χ0v) is 20.9. The van der Waals surface area contributed by atoms with Crippen LogP contribution in [0.25, 0.3) is 22.5 Å². The normalized spacial score (nSPS) is 15.7. The molecule has 2 aromatic carbocycles. The summed E-state index contributed by atoms with van der Waals surface area (Å²) in [5.74, 6) is 0.142. The lowest BCUT2D eigenvalue weighted by atomic mass is 10.0. The summed E-state index contributed by atoms with van der Waals surface area (Å²) in [6.45, 7) is 3.92. The Labute approximate surface area is 210 Å². The van der Waals surface area contributed by atoms with Crippen molar-refractivity contribution in [2.75, 3.05) is 25.5 Å². The molecule has 5 rings (SSSR count). The molecule has 0 amide bonds. The summed E-state index contributed by atoms with van der Waals surface area (Å²) in [4.78, 5) is 25.4. The van der Waals surface area contributed by atoms with Crippen LogP contribution in [-0.4, -0.2) is 44.4 Å². The van der Waals surface area contributed by atoms with E-state index in [1.807, 2.05) is 40.7 Å². The van der Waals surface area contributed by atoms with Crippen LogP contribution in [0.15, 0.2) is 71.7 Å². The number of rotatable bonds is 6. The monoisotopic (exact) mass is 486 g/mol. The van der Waals surface area contributed by atoms with Gasteiger partial charge in [-0.25, -0.2) is 19.0 Å². The highest BCUT2D eigenvalue weighted by Crippen LogP contribution is 2.32. The van der Waals surface area contributed by atoms with E-state index in [4.69, 9.17) is 4.98 Å². The van der Waals surface area contributed by atoms with Crippen molar-refractivity contribution in [1.82, 2.24) is 24.2 Å². The van der Waals surface area contributed by atoms with Gasteiger partial charge in [-0.2, -0.15) is 0 Å². The topological polar surface area (TPSA) is 68.0 Å². The number of nitrogens with one attached hydrogen (secondary N) is 1. The highest BCUT2D eigenvalue weighted by atomic mass is 19.1. The summed E-state index contributed by atoms with van der Waals surface area (Å²) in [6.07, 6.45) is 3.48. The van der Waals surface area contributed by atoms with Crippen molar-refractivity contribution in [3.8, 4) is 22.5 Å². The van der Waals surface area contributed by atoms with E-state index in [1.54, 1.807) is 18.3 Å². The molecule has 1 N–H and O–H groups in total. The van der Waals surface area contributed by atoms with Crippen LogP contribution in [0, 0.1) is 5.82 Å². The van der Waals surface area contributed by atoms with E-state index < -0.39 is 0 Å². The van der Waals surface area contributed by atoms with Crippen molar-refractivity contribution in [3.63, 3.8) is 0 Å². The lowest BCUT2D eigenvalue weighted by Crippen LogP contribution is -2.36. The molecule has 1 saturated heterocycles. The number of benzene rings is 2. The van der Waals surface area contributed by atoms with Crippen LogP contribution in [0.5, 0.6) is 0 Å². The molecular weight excluding hydrogens is 455 g/mol. The van der Waals surface area contributed by atoms with E-state index in [9.17, 15) is 9.18 Å². The molecule has 0 spiro atoms. The first kappa shape index (κ1) is 23.9. The first-order valence-corrected chi connectivity index (χ1v) is 12.3. The Bertz CT molecular complexity index is 1390.